The number of rotatable bonds is 6. The minimum absolute atomic E-state index is 0. The minimum Gasteiger partial charge on any atom is -0.308 e. The predicted octanol–water partition coefficient (Wildman–Crippen LogP) is 5.53. The number of aromatic nitrogens is 2. The van der Waals surface area contributed by atoms with E-state index in [2.05, 4.69) is 5.32 Å². The van der Waals surface area contributed by atoms with E-state index in [0.717, 1.165) is 28.6 Å². The van der Waals surface area contributed by atoms with Gasteiger partial charge in [-0.1, -0.05) is 54.6 Å². The first-order valence-corrected chi connectivity index (χ1v) is 9.05. The summed E-state index contributed by atoms with van der Waals surface area (Å²) in [6, 6.07) is 23.5. The molecule has 4 aromatic rings. The summed E-state index contributed by atoms with van der Waals surface area (Å²) in [6.07, 6.45) is 1.98. The Morgan fingerprint density at radius 3 is 2.14 bits per heavy atom. The van der Waals surface area contributed by atoms with Crippen LogP contribution in [-0.4, -0.2) is 9.78 Å². The molecule has 1 heterocycles. The molecule has 1 N–H and O–H groups in total. The molecule has 0 spiro atoms. The van der Waals surface area contributed by atoms with Crippen LogP contribution in [0.25, 0.3) is 16.9 Å². The Kier molecular flexibility index (Phi) is 6.75. The fraction of sp³-hybridized carbons (Fsp3) is 0.0870. The van der Waals surface area contributed by atoms with Gasteiger partial charge in [-0.25, -0.2) is 13.5 Å². The maximum Gasteiger partial charge on any atom is 0.130 e. The molecular weight excluding hydrogens is 392 g/mol. The summed E-state index contributed by atoms with van der Waals surface area (Å²) >= 11 is 0. The van der Waals surface area contributed by atoms with E-state index in [-0.39, 0.29) is 12.4 Å². The van der Waals surface area contributed by atoms with Crippen molar-refractivity contribution in [3.63, 3.8) is 0 Å². The number of nitrogens with one attached hydrogen (secondary N) is 1. The molecule has 0 bridgehead atoms. The summed E-state index contributed by atoms with van der Waals surface area (Å²) in [4.78, 5) is 0. The van der Waals surface area contributed by atoms with Crippen molar-refractivity contribution in [2.24, 2.45) is 0 Å². The van der Waals surface area contributed by atoms with E-state index in [4.69, 9.17) is 5.10 Å². The Hall–Kier alpha value is -3.02. The van der Waals surface area contributed by atoms with Crippen LogP contribution in [0.5, 0.6) is 0 Å². The Labute approximate surface area is 174 Å². The number of benzene rings is 3. The second kappa shape index (κ2) is 9.45. The smallest absolute Gasteiger partial charge is 0.130 e. The standard InChI is InChI=1S/C23H19F2N3.ClH/c24-20-12-11-18(22(25)13-20)14-26-15-19-16-28(21-9-5-2-6-10-21)27-23(19)17-7-3-1-4-8-17;/h1-13,16,26H,14-15H2;1H. The van der Waals surface area contributed by atoms with Gasteiger partial charge in [-0.2, -0.15) is 5.10 Å². The van der Waals surface area contributed by atoms with Crippen molar-refractivity contribution in [1.29, 1.82) is 0 Å². The Morgan fingerprint density at radius 2 is 1.45 bits per heavy atom. The average molecular weight is 412 g/mol. The van der Waals surface area contributed by atoms with Crippen LogP contribution >= 0.6 is 12.4 Å². The molecule has 148 valence electrons. The fourth-order valence-electron chi connectivity index (χ4n) is 3.09. The van der Waals surface area contributed by atoms with Crippen molar-refractivity contribution in [3.8, 4) is 16.9 Å². The van der Waals surface area contributed by atoms with Gasteiger partial charge in [0.25, 0.3) is 0 Å². The third-order valence-corrected chi connectivity index (χ3v) is 4.50. The number of nitrogens with zero attached hydrogens (tertiary/aromatic N) is 2. The van der Waals surface area contributed by atoms with Crippen LogP contribution in [0, 0.1) is 11.6 Å². The fourth-order valence-corrected chi connectivity index (χ4v) is 3.09. The summed E-state index contributed by atoms with van der Waals surface area (Å²) < 4.78 is 28.8. The first-order valence-electron chi connectivity index (χ1n) is 9.05. The minimum atomic E-state index is -0.572. The molecule has 0 atom stereocenters. The first-order chi connectivity index (χ1) is 13.7. The lowest BCUT2D eigenvalue weighted by atomic mass is 10.1. The molecule has 0 fully saturated rings. The van der Waals surface area contributed by atoms with Gasteiger partial charge < -0.3 is 5.32 Å². The zero-order valence-electron chi connectivity index (χ0n) is 15.6. The summed E-state index contributed by atoms with van der Waals surface area (Å²) in [5.41, 5.74) is 4.28. The van der Waals surface area contributed by atoms with Crippen LogP contribution in [0.2, 0.25) is 0 Å². The Morgan fingerprint density at radius 1 is 0.793 bits per heavy atom. The SMILES string of the molecule is Cl.Fc1ccc(CNCc2cn(-c3ccccc3)nc2-c2ccccc2)c(F)c1. The number of para-hydroxylation sites is 1. The molecular formula is C23H20ClF2N3. The van der Waals surface area contributed by atoms with Crippen LogP contribution in [0.15, 0.2) is 85.1 Å². The monoisotopic (exact) mass is 411 g/mol. The Balaban J connectivity index is 0.00000240. The van der Waals surface area contributed by atoms with Crippen molar-refractivity contribution in [1.82, 2.24) is 15.1 Å². The molecule has 4 rings (SSSR count). The molecule has 0 amide bonds. The van der Waals surface area contributed by atoms with E-state index >= 15 is 0 Å². The summed E-state index contributed by atoms with van der Waals surface area (Å²) in [5.74, 6) is -1.12. The van der Waals surface area contributed by atoms with Crippen LogP contribution in [0.1, 0.15) is 11.1 Å². The van der Waals surface area contributed by atoms with E-state index in [1.807, 2.05) is 71.5 Å². The van der Waals surface area contributed by atoms with Crippen molar-refractivity contribution in [2.75, 3.05) is 0 Å². The van der Waals surface area contributed by atoms with Gasteiger partial charge in [0.15, 0.2) is 0 Å². The van der Waals surface area contributed by atoms with Crippen LogP contribution in [-0.2, 0) is 13.1 Å². The summed E-state index contributed by atoms with van der Waals surface area (Å²) in [5, 5.41) is 8.00. The molecule has 6 heteroatoms. The molecule has 1 aromatic heterocycles. The maximum atomic E-state index is 13.8. The number of halogens is 3. The average Bonchev–Trinajstić information content (AvgIpc) is 3.15. The van der Waals surface area contributed by atoms with E-state index in [1.165, 1.54) is 12.1 Å². The van der Waals surface area contributed by atoms with E-state index in [0.29, 0.717) is 18.7 Å². The van der Waals surface area contributed by atoms with E-state index < -0.39 is 11.6 Å². The van der Waals surface area contributed by atoms with Crippen molar-refractivity contribution >= 4 is 12.4 Å². The topological polar surface area (TPSA) is 29.9 Å². The lowest BCUT2D eigenvalue weighted by Gasteiger charge is -2.06. The molecule has 0 saturated carbocycles. The normalized spacial score (nSPS) is 10.6. The van der Waals surface area contributed by atoms with Crippen LogP contribution < -0.4 is 5.32 Å². The highest BCUT2D eigenvalue weighted by molar-refractivity contribution is 5.85. The molecule has 0 unspecified atom stereocenters. The second-order valence-corrected chi connectivity index (χ2v) is 6.49. The largest absolute Gasteiger partial charge is 0.308 e. The molecule has 0 saturated heterocycles. The third kappa shape index (κ3) is 4.88. The van der Waals surface area contributed by atoms with Gasteiger partial charge in [0, 0.05) is 42.0 Å². The van der Waals surface area contributed by atoms with Crippen molar-refractivity contribution in [3.05, 3.63) is 108 Å². The van der Waals surface area contributed by atoms with Gasteiger partial charge in [0.2, 0.25) is 0 Å². The van der Waals surface area contributed by atoms with E-state index in [1.54, 1.807) is 0 Å². The van der Waals surface area contributed by atoms with Crippen LogP contribution in [0.4, 0.5) is 8.78 Å². The number of hydrogen-bond donors (Lipinski definition) is 1. The molecule has 3 aromatic carbocycles. The quantitative estimate of drug-likeness (QED) is 0.452. The summed E-state index contributed by atoms with van der Waals surface area (Å²) in [7, 11) is 0. The lowest BCUT2D eigenvalue weighted by molar-refractivity contribution is 0.560. The van der Waals surface area contributed by atoms with Crippen molar-refractivity contribution < 1.29 is 8.78 Å². The van der Waals surface area contributed by atoms with Gasteiger partial charge in [-0.3, -0.25) is 0 Å². The highest BCUT2D eigenvalue weighted by Gasteiger charge is 2.12. The molecule has 3 nitrogen and oxygen atoms in total. The molecule has 29 heavy (non-hydrogen) atoms. The highest BCUT2D eigenvalue weighted by atomic mass is 35.5. The van der Waals surface area contributed by atoms with E-state index in [9.17, 15) is 8.78 Å². The van der Waals surface area contributed by atoms with Crippen molar-refractivity contribution in [2.45, 2.75) is 13.1 Å². The number of hydrogen-bond acceptors (Lipinski definition) is 2. The van der Waals surface area contributed by atoms with Crippen LogP contribution in [0.3, 0.4) is 0 Å². The lowest BCUT2D eigenvalue weighted by Crippen LogP contribution is -2.14. The van der Waals surface area contributed by atoms with Gasteiger partial charge in [0.05, 0.1) is 11.4 Å². The third-order valence-electron chi connectivity index (χ3n) is 4.50. The molecule has 0 aliphatic rings. The predicted molar refractivity (Wildman–Crippen MR) is 113 cm³/mol. The maximum absolute atomic E-state index is 13.8. The van der Waals surface area contributed by atoms with Gasteiger partial charge in [-0.05, 0) is 18.2 Å². The highest BCUT2D eigenvalue weighted by Crippen LogP contribution is 2.23. The molecule has 0 radical (unpaired) electrons. The molecule has 0 aliphatic heterocycles. The summed E-state index contributed by atoms with van der Waals surface area (Å²) in [6.45, 7) is 0.810. The van der Waals surface area contributed by atoms with Gasteiger partial charge >= 0.3 is 0 Å². The van der Waals surface area contributed by atoms with Gasteiger partial charge in [0.1, 0.15) is 11.6 Å². The van der Waals surface area contributed by atoms with Gasteiger partial charge in [-0.15, -0.1) is 12.4 Å². The molecule has 0 aliphatic carbocycles. The first kappa shape index (κ1) is 20.7. The zero-order chi connectivity index (χ0) is 19.3. The zero-order valence-corrected chi connectivity index (χ0v) is 16.4. The Bertz CT molecular complexity index is 1070. The second-order valence-electron chi connectivity index (χ2n) is 6.49.